The van der Waals surface area contributed by atoms with Gasteiger partial charge in [-0.2, -0.15) is 15.8 Å². The van der Waals surface area contributed by atoms with Crippen LogP contribution in [-0.2, 0) is 0 Å². The molecule has 0 aliphatic carbocycles. The quantitative estimate of drug-likeness (QED) is 0.193. The number of nitriles is 3. The molecule has 0 aliphatic rings. The van der Waals surface area contributed by atoms with Crippen molar-refractivity contribution < 1.29 is 0 Å². The number of aromatic nitrogens is 2. The zero-order valence-electron chi connectivity index (χ0n) is 26.7. The maximum Gasteiger partial charge on any atom is 0.0998 e. The van der Waals surface area contributed by atoms with E-state index in [1.54, 1.807) is 0 Å². The first-order valence-corrected chi connectivity index (χ1v) is 16.3. The molecule has 0 unspecified atom stereocenters. The summed E-state index contributed by atoms with van der Waals surface area (Å²) in [6, 6.07) is 57.7. The molecule has 0 bridgehead atoms. The molecule has 5 heteroatoms. The van der Waals surface area contributed by atoms with E-state index in [4.69, 9.17) is 0 Å². The Morgan fingerprint density at radius 2 is 0.980 bits per heavy atom. The van der Waals surface area contributed by atoms with E-state index >= 15 is 0 Å². The monoisotopic (exact) mass is 635 g/mol. The lowest BCUT2D eigenvalue weighted by molar-refractivity contribution is 1.18. The van der Waals surface area contributed by atoms with Crippen molar-refractivity contribution in [2.75, 3.05) is 0 Å². The SMILES string of the molecule is N#Cc1ccc2c(c1)c1ccccc1n2-c1ccc(-c2ccc(-c3c(C#N)cccc3-n3c4ccccc4c4ccccc43)cc2C#N)cc1. The molecule has 9 aromatic rings. The van der Waals surface area contributed by atoms with Gasteiger partial charge in [0.05, 0.1) is 62.7 Å². The predicted molar refractivity (Wildman–Crippen MR) is 200 cm³/mol. The molecule has 9 rings (SSSR count). The second kappa shape index (κ2) is 11.4. The molecule has 2 heterocycles. The van der Waals surface area contributed by atoms with Gasteiger partial charge < -0.3 is 9.13 Å². The van der Waals surface area contributed by atoms with Crippen LogP contribution in [0.1, 0.15) is 16.7 Å². The molecular formula is C45H25N5. The number of fused-ring (bicyclic) bond motifs is 6. The van der Waals surface area contributed by atoms with Crippen LogP contribution >= 0.6 is 0 Å². The Kier molecular flexibility index (Phi) is 6.56. The summed E-state index contributed by atoms with van der Waals surface area (Å²) in [5.74, 6) is 0. The maximum atomic E-state index is 10.5. The summed E-state index contributed by atoms with van der Waals surface area (Å²) in [6.45, 7) is 0. The summed E-state index contributed by atoms with van der Waals surface area (Å²) in [5, 5.41) is 34.7. The van der Waals surface area contributed by atoms with Crippen molar-refractivity contribution in [3.05, 3.63) is 168 Å². The van der Waals surface area contributed by atoms with Gasteiger partial charge in [-0.05, 0) is 83.4 Å². The van der Waals surface area contributed by atoms with Crippen LogP contribution in [0.4, 0.5) is 0 Å². The summed E-state index contributed by atoms with van der Waals surface area (Å²) in [7, 11) is 0. The second-order valence-corrected chi connectivity index (χ2v) is 12.3. The third-order valence-corrected chi connectivity index (χ3v) is 9.65. The van der Waals surface area contributed by atoms with Gasteiger partial charge in [0, 0.05) is 32.8 Å². The Morgan fingerprint density at radius 1 is 0.400 bits per heavy atom. The average molecular weight is 636 g/mol. The highest BCUT2D eigenvalue weighted by molar-refractivity contribution is 6.11. The van der Waals surface area contributed by atoms with Gasteiger partial charge in [0.25, 0.3) is 0 Å². The molecule has 0 atom stereocenters. The van der Waals surface area contributed by atoms with E-state index in [0.29, 0.717) is 16.7 Å². The summed E-state index contributed by atoms with van der Waals surface area (Å²) in [4.78, 5) is 0. The molecular weight excluding hydrogens is 611 g/mol. The highest BCUT2D eigenvalue weighted by Gasteiger charge is 2.19. The van der Waals surface area contributed by atoms with Crippen LogP contribution in [0.3, 0.4) is 0 Å². The molecule has 0 spiro atoms. The standard InChI is InChI=1S/C45H25N5/c46-26-29-16-23-43-39(24-29)38-11-3-4-12-40(38)49(43)34-20-17-30(18-21-34)35-22-19-31(25-33(35)28-48)45-32(27-47)8-7-15-44(45)50-41-13-5-1-9-36(41)37-10-2-6-14-42(37)50/h1-25H. The van der Waals surface area contributed by atoms with Crippen molar-refractivity contribution in [1.82, 2.24) is 9.13 Å². The zero-order chi connectivity index (χ0) is 33.8. The minimum absolute atomic E-state index is 0.525. The molecule has 50 heavy (non-hydrogen) atoms. The van der Waals surface area contributed by atoms with Crippen LogP contribution in [0.15, 0.2) is 152 Å². The van der Waals surface area contributed by atoms with Crippen LogP contribution in [0.5, 0.6) is 0 Å². The van der Waals surface area contributed by atoms with Gasteiger partial charge in [-0.1, -0.05) is 84.9 Å². The molecule has 0 N–H and O–H groups in total. The minimum Gasteiger partial charge on any atom is -0.309 e. The third kappa shape index (κ3) is 4.31. The van der Waals surface area contributed by atoms with Crippen LogP contribution in [0, 0.1) is 34.0 Å². The van der Waals surface area contributed by atoms with Gasteiger partial charge in [-0.15, -0.1) is 0 Å². The molecule has 0 saturated heterocycles. The highest BCUT2D eigenvalue weighted by Crippen LogP contribution is 2.39. The van der Waals surface area contributed by atoms with Crippen LogP contribution in [0.25, 0.3) is 77.2 Å². The smallest absolute Gasteiger partial charge is 0.0998 e. The normalized spacial score (nSPS) is 11.1. The second-order valence-electron chi connectivity index (χ2n) is 12.3. The van der Waals surface area contributed by atoms with Crippen LogP contribution in [0.2, 0.25) is 0 Å². The Labute approximate surface area is 287 Å². The number of para-hydroxylation sites is 3. The lowest BCUT2D eigenvalue weighted by Crippen LogP contribution is -2.00. The molecule has 0 amide bonds. The number of rotatable bonds is 4. The summed E-state index contributed by atoms with van der Waals surface area (Å²) < 4.78 is 4.42. The molecule has 5 nitrogen and oxygen atoms in total. The van der Waals surface area contributed by atoms with Crippen molar-refractivity contribution in [1.29, 1.82) is 15.8 Å². The lowest BCUT2D eigenvalue weighted by atomic mass is 9.92. The Hall–Kier alpha value is -7.39. The highest BCUT2D eigenvalue weighted by atomic mass is 15.0. The van der Waals surface area contributed by atoms with E-state index in [9.17, 15) is 15.8 Å². The molecule has 0 saturated carbocycles. The van der Waals surface area contributed by atoms with Crippen molar-refractivity contribution in [3.63, 3.8) is 0 Å². The van der Waals surface area contributed by atoms with E-state index < -0.39 is 0 Å². The fourth-order valence-corrected chi connectivity index (χ4v) is 7.46. The molecule has 0 radical (unpaired) electrons. The van der Waals surface area contributed by atoms with Gasteiger partial charge in [-0.3, -0.25) is 0 Å². The van der Waals surface area contributed by atoms with Gasteiger partial charge in [0.2, 0.25) is 0 Å². The zero-order valence-corrected chi connectivity index (χ0v) is 26.7. The average Bonchev–Trinajstić information content (AvgIpc) is 3.70. The largest absolute Gasteiger partial charge is 0.309 e. The Balaban J connectivity index is 1.17. The van der Waals surface area contributed by atoms with Gasteiger partial charge in [-0.25, -0.2) is 0 Å². The van der Waals surface area contributed by atoms with Crippen LogP contribution in [-0.4, -0.2) is 9.13 Å². The molecule has 2 aromatic heterocycles. The van der Waals surface area contributed by atoms with Crippen LogP contribution < -0.4 is 0 Å². The van der Waals surface area contributed by atoms with Crippen molar-refractivity contribution in [2.45, 2.75) is 0 Å². The number of benzene rings is 7. The number of nitrogens with zero attached hydrogens (tertiary/aromatic N) is 5. The van der Waals surface area contributed by atoms with E-state index in [-0.39, 0.29) is 0 Å². The van der Waals surface area contributed by atoms with E-state index in [0.717, 1.165) is 77.2 Å². The molecule has 230 valence electrons. The van der Waals surface area contributed by atoms with E-state index in [1.807, 2.05) is 103 Å². The van der Waals surface area contributed by atoms with E-state index in [2.05, 4.69) is 75.9 Å². The third-order valence-electron chi connectivity index (χ3n) is 9.65. The fourth-order valence-electron chi connectivity index (χ4n) is 7.46. The first-order valence-electron chi connectivity index (χ1n) is 16.3. The molecule has 7 aromatic carbocycles. The van der Waals surface area contributed by atoms with Gasteiger partial charge in [0.1, 0.15) is 0 Å². The first kappa shape index (κ1) is 28.8. The van der Waals surface area contributed by atoms with Gasteiger partial charge in [0.15, 0.2) is 0 Å². The topological polar surface area (TPSA) is 81.2 Å². The number of hydrogen-bond acceptors (Lipinski definition) is 3. The molecule has 0 fully saturated rings. The van der Waals surface area contributed by atoms with Crippen molar-refractivity contribution in [3.8, 4) is 51.8 Å². The Morgan fingerprint density at radius 3 is 1.62 bits per heavy atom. The fraction of sp³-hybridized carbons (Fsp3) is 0. The lowest BCUT2D eigenvalue weighted by Gasteiger charge is -2.16. The van der Waals surface area contributed by atoms with Crippen molar-refractivity contribution in [2.24, 2.45) is 0 Å². The summed E-state index contributed by atoms with van der Waals surface area (Å²) in [6.07, 6.45) is 0. The summed E-state index contributed by atoms with van der Waals surface area (Å²) >= 11 is 0. The summed E-state index contributed by atoms with van der Waals surface area (Å²) in [5.41, 5.74) is 11.1. The number of hydrogen-bond donors (Lipinski definition) is 0. The van der Waals surface area contributed by atoms with E-state index in [1.165, 1.54) is 0 Å². The molecule has 0 aliphatic heterocycles. The van der Waals surface area contributed by atoms with Crippen molar-refractivity contribution >= 4 is 43.6 Å². The maximum absolute atomic E-state index is 10.5. The van der Waals surface area contributed by atoms with Gasteiger partial charge >= 0.3 is 0 Å². The first-order chi connectivity index (χ1) is 24.7. The Bertz CT molecular complexity index is 2900. The minimum atomic E-state index is 0.525. The predicted octanol–water partition coefficient (Wildman–Crippen LogP) is 10.8.